The predicted octanol–water partition coefficient (Wildman–Crippen LogP) is 0.550. The molecule has 1 saturated carbocycles. The van der Waals surface area contributed by atoms with Gasteiger partial charge in [0.1, 0.15) is 5.54 Å². The van der Waals surface area contributed by atoms with Gasteiger partial charge in [-0.05, 0) is 32.2 Å². The molecule has 1 heterocycles. The standard InChI is InChI=1S/C13H24N2O3/c1-3-11-8-18-7-6-15(11)9-13(14-2,12(16)17)10-4-5-10/h10-11,14H,3-9H2,1-2H3,(H,16,17). The Balaban J connectivity index is 2.09. The van der Waals surface area contributed by atoms with E-state index < -0.39 is 11.5 Å². The zero-order valence-corrected chi connectivity index (χ0v) is 11.3. The molecule has 2 atom stereocenters. The molecule has 0 bridgehead atoms. The molecular formula is C13H24N2O3. The maximum atomic E-state index is 11.7. The van der Waals surface area contributed by atoms with Crippen LogP contribution in [-0.4, -0.2) is 60.9 Å². The molecule has 2 fully saturated rings. The monoisotopic (exact) mass is 256 g/mol. The molecule has 2 aliphatic rings. The van der Waals surface area contributed by atoms with Crippen LogP contribution in [0, 0.1) is 5.92 Å². The first-order chi connectivity index (χ1) is 8.64. The number of carbonyl (C=O) groups is 1. The van der Waals surface area contributed by atoms with Gasteiger partial charge in [-0.15, -0.1) is 0 Å². The molecule has 5 nitrogen and oxygen atoms in total. The molecule has 0 aromatic heterocycles. The van der Waals surface area contributed by atoms with Gasteiger partial charge in [0.25, 0.3) is 0 Å². The number of hydrogen-bond acceptors (Lipinski definition) is 4. The summed E-state index contributed by atoms with van der Waals surface area (Å²) in [6.45, 7) is 4.99. The zero-order chi connectivity index (χ0) is 13.2. The number of morpholine rings is 1. The van der Waals surface area contributed by atoms with Gasteiger partial charge in [0, 0.05) is 19.1 Å². The van der Waals surface area contributed by atoms with E-state index in [1.807, 2.05) is 0 Å². The fourth-order valence-electron chi connectivity index (χ4n) is 2.93. The van der Waals surface area contributed by atoms with Crippen LogP contribution in [0.2, 0.25) is 0 Å². The van der Waals surface area contributed by atoms with E-state index in [1.54, 1.807) is 7.05 Å². The highest BCUT2D eigenvalue weighted by Crippen LogP contribution is 2.40. The topological polar surface area (TPSA) is 61.8 Å². The average Bonchev–Trinajstić information content (AvgIpc) is 3.20. The van der Waals surface area contributed by atoms with Crippen molar-refractivity contribution in [1.82, 2.24) is 10.2 Å². The van der Waals surface area contributed by atoms with Gasteiger partial charge in [0.2, 0.25) is 0 Å². The van der Waals surface area contributed by atoms with Gasteiger partial charge in [-0.1, -0.05) is 6.92 Å². The smallest absolute Gasteiger partial charge is 0.325 e. The molecule has 0 spiro atoms. The quantitative estimate of drug-likeness (QED) is 0.727. The summed E-state index contributed by atoms with van der Waals surface area (Å²) < 4.78 is 5.48. The largest absolute Gasteiger partial charge is 0.480 e. The summed E-state index contributed by atoms with van der Waals surface area (Å²) in [5.41, 5.74) is -0.773. The number of nitrogens with zero attached hydrogens (tertiary/aromatic N) is 1. The molecule has 104 valence electrons. The number of ether oxygens (including phenoxy) is 1. The SMILES string of the molecule is CCC1COCCN1CC(NC)(C(=O)O)C1CC1. The number of likely N-dealkylation sites (N-methyl/N-ethyl adjacent to an activating group) is 1. The molecule has 2 rings (SSSR count). The van der Waals surface area contributed by atoms with Crippen LogP contribution in [-0.2, 0) is 9.53 Å². The van der Waals surface area contributed by atoms with Crippen molar-refractivity contribution < 1.29 is 14.6 Å². The number of carboxylic acids is 1. The van der Waals surface area contributed by atoms with Crippen molar-refractivity contribution in [3.8, 4) is 0 Å². The lowest BCUT2D eigenvalue weighted by Gasteiger charge is -2.41. The van der Waals surface area contributed by atoms with Crippen molar-refractivity contribution in [2.24, 2.45) is 5.92 Å². The molecule has 18 heavy (non-hydrogen) atoms. The number of rotatable bonds is 6. The zero-order valence-electron chi connectivity index (χ0n) is 11.3. The number of carboxylic acid groups (broad SMARTS) is 1. The van der Waals surface area contributed by atoms with Gasteiger partial charge in [0.15, 0.2) is 0 Å². The van der Waals surface area contributed by atoms with E-state index in [-0.39, 0.29) is 5.92 Å². The van der Waals surface area contributed by atoms with Gasteiger partial charge in [0.05, 0.1) is 13.2 Å². The Kier molecular flexibility index (Phi) is 4.25. The Hall–Kier alpha value is -0.650. The molecule has 1 aliphatic heterocycles. The molecule has 0 amide bonds. The minimum atomic E-state index is -0.773. The lowest BCUT2D eigenvalue weighted by molar-refractivity contribution is -0.148. The van der Waals surface area contributed by atoms with Crippen molar-refractivity contribution in [1.29, 1.82) is 0 Å². The third-order valence-corrected chi connectivity index (χ3v) is 4.38. The second kappa shape index (κ2) is 5.55. The van der Waals surface area contributed by atoms with Crippen LogP contribution in [0.4, 0.5) is 0 Å². The van der Waals surface area contributed by atoms with Crippen molar-refractivity contribution in [3.63, 3.8) is 0 Å². The fraction of sp³-hybridized carbons (Fsp3) is 0.923. The van der Waals surface area contributed by atoms with Gasteiger partial charge in [-0.25, -0.2) is 0 Å². The third-order valence-electron chi connectivity index (χ3n) is 4.38. The van der Waals surface area contributed by atoms with E-state index >= 15 is 0 Å². The van der Waals surface area contributed by atoms with Gasteiger partial charge in [-0.2, -0.15) is 0 Å². The van der Waals surface area contributed by atoms with E-state index in [4.69, 9.17) is 4.74 Å². The Morgan fingerprint density at radius 3 is 2.78 bits per heavy atom. The van der Waals surface area contributed by atoms with Gasteiger partial charge < -0.3 is 15.2 Å². The maximum Gasteiger partial charge on any atom is 0.325 e. The van der Waals surface area contributed by atoms with Crippen molar-refractivity contribution in [2.75, 3.05) is 33.4 Å². The van der Waals surface area contributed by atoms with Crippen molar-refractivity contribution >= 4 is 5.97 Å². The fourth-order valence-corrected chi connectivity index (χ4v) is 2.93. The van der Waals surface area contributed by atoms with Crippen LogP contribution >= 0.6 is 0 Å². The Morgan fingerprint density at radius 1 is 1.56 bits per heavy atom. The van der Waals surface area contributed by atoms with E-state index in [2.05, 4.69) is 17.1 Å². The van der Waals surface area contributed by atoms with E-state index in [9.17, 15) is 9.90 Å². The van der Waals surface area contributed by atoms with Crippen LogP contribution < -0.4 is 5.32 Å². The predicted molar refractivity (Wildman–Crippen MR) is 68.6 cm³/mol. The summed E-state index contributed by atoms with van der Waals surface area (Å²) >= 11 is 0. The van der Waals surface area contributed by atoms with Crippen LogP contribution in [0.15, 0.2) is 0 Å². The summed E-state index contributed by atoms with van der Waals surface area (Å²) in [5.74, 6) is -0.436. The Bertz CT molecular complexity index is 307. The maximum absolute atomic E-state index is 11.7. The van der Waals surface area contributed by atoms with Crippen LogP contribution in [0.1, 0.15) is 26.2 Å². The van der Waals surface area contributed by atoms with Crippen LogP contribution in [0.3, 0.4) is 0 Å². The van der Waals surface area contributed by atoms with Gasteiger partial charge >= 0.3 is 5.97 Å². The van der Waals surface area contributed by atoms with Crippen LogP contribution in [0.25, 0.3) is 0 Å². The van der Waals surface area contributed by atoms with E-state index in [1.165, 1.54) is 0 Å². The number of hydrogen-bond donors (Lipinski definition) is 2. The number of nitrogens with one attached hydrogen (secondary N) is 1. The highest BCUT2D eigenvalue weighted by Gasteiger charge is 2.51. The summed E-state index contributed by atoms with van der Waals surface area (Å²) in [6.07, 6.45) is 3.05. The first kappa shape index (κ1) is 13.8. The minimum absolute atomic E-state index is 0.278. The normalized spacial score (nSPS) is 28.9. The summed E-state index contributed by atoms with van der Waals surface area (Å²) in [7, 11) is 1.77. The molecule has 1 saturated heterocycles. The molecule has 0 aromatic carbocycles. The Morgan fingerprint density at radius 2 is 2.28 bits per heavy atom. The molecular weight excluding hydrogens is 232 g/mol. The molecule has 2 unspecified atom stereocenters. The minimum Gasteiger partial charge on any atom is -0.480 e. The lowest BCUT2D eigenvalue weighted by Crippen LogP contribution is -2.62. The molecule has 0 radical (unpaired) electrons. The third kappa shape index (κ3) is 2.53. The van der Waals surface area contributed by atoms with E-state index in [0.29, 0.717) is 19.2 Å². The van der Waals surface area contributed by atoms with E-state index in [0.717, 1.165) is 32.4 Å². The molecule has 2 N–H and O–H groups in total. The highest BCUT2D eigenvalue weighted by atomic mass is 16.5. The summed E-state index contributed by atoms with van der Waals surface area (Å²) in [6, 6.07) is 0.351. The first-order valence-electron chi connectivity index (χ1n) is 6.88. The van der Waals surface area contributed by atoms with Crippen molar-refractivity contribution in [3.05, 3.63) is 0 Å². The number of aliphatic carboxylic acids is 1. The van der Waals surface area contributed by atoms with Crippen molar-refractivity contribution in [2.45, 2.75) is 37.8 Å². The lowest BCUT2D eigenvalue weighted by atomic mass is 9.91. The average molecular weight is 256 g/mol. The molecule has 5 heteroatoms. The summed E-state index contributed by atoms with van der Waals surface area (Å²) in [4.78, 5) is 14.0. The molecule has 0 aromatic rings. The Labute approximate surface area is 108 Å². The highest BCUT2D eigenvalue weighted by molar-refractivity contribution is 5.80. The first-order valence-corrected chi connectivity index (χ1v) is 6.88. The second-order valence-corrected chi connectivity index (χ2v) is 5.41. The van der Waals surface area contributed by atoms with Crippen LogP contribution in [0.5, 0.6) is 0 Å². The van der Waals surface area contributed by atoms with Gasteiger partial charge in [-0.3, -0.25) is 9.69 Å². The second-order valence-electron chi connectivity index (χ2n) is 5.41. The summed E-state index contributed by atoms with van der Waals surface area (Å²) in [5, 5.41) is 12.7. The molecule has 1 aliphatic carbocycles.